The van der Waals surface area contributed by atoms with E-state index >= 15 is 0 Å². The number of nitrogens with two attached hydrogens (primary N) is 1. The van der Waals surface area contributed by atoms with Crippen LogP contribution in [0.25, 0.3) is 0 Å². The van der Waals surface area contributed by atoms with Gasteiger partial charge in [0.1, 0.15) is 0 Å². The lowest BCUT2D eigenvalue weighted by Crippen LogP contribution is -2.35. The number of hydrogen-bond acceptors (Lipinski definition) is 3. The second-order valence-corrected chi connectivity index (χ2v) is 5.07. The van der Waals surface area contributed by atoms with Crippen LogP contribution in [0.2, 0.25) is 0 Å². The van der Waals surface area contributed by atoms with Crippen molar-refractivity contribution in [3.63, 3.8) is 0 Å². The molecule has 2 rings (SSSR count). The number of pyridine rings is 1. The molecule has 1 amide bonds. The molecule has 20 heavy (non-hydrogen) atoms. The average Bonchev–Trinajstić information content (AvgIpc) is 2.49. The minimum atomic E-state index is -0.519. The number of allylic oxidation sites excluding steroid dienone is 3. The van der Waals surface area contributed by atoms with Gasteiger partial charge in [-0.2, -0.15) is 0 Å². The Kier molecular flexibility index (Phi) is 4.56. The summed E-state index contributed by atoms with van der Waals surface area (Å²) >= 11 is 0. The number of nitrogens with zero attached hydrogens (tertiary/aromatic N) is 1. The normalized spacial score (nSPS) is 20.9. The number of amides is 1. The van der Waals surface area contributed by atoms with Crippen LogP contribution < -0.4 is 10.5 Å². The maximum Gasteiger partial charge on any atom is 0.227 e. The first-order chi connectivity index (χ1) is 9.66. The van der Waals surface area contributed by atoms with Crippen LogP contribution in [0.15, 0.2) is 42.6 Å². The third-order valence-electron chi connectivity index (χ3n) is 3.73. The van der Waals surface area contributed by atoms with Crippen LogP contribution in [-0.2, 0) is 11.2 Å². The average molecular weight is 272 g/mol. The summed E-state index contributed by atoms with van der Waals surface area (Å²) in [5, 5.41) is 0. The van der Waals surface area contributed by atoms with Gasteiger partial charge in [0.05, 0.1) is 12.5 Å². The van der Waals surface area contributed by atoms with Crippen LogP contribution in [0.1, 0.15) is 24.8 Å². The molecule has 1 aliphatic carbocycles. The van der Waals surface area contributed by atoms with Gasteiger partial charge in [0.25, 0.3) is 0 Å². The molecule has 1 aliphatic rings. The second kappa shape index (κ2) is 6.37. The number of aromatic nitrogens is 1. The number of carbonyl (C=O) groups is 1. The van der Waals surface area contributed by atoms with Gasteiger partial charge in [-0.25, -0.2) is 4.98 Å². The molecule has 1 atom stereocenters. The Morgan fingerprint density at radius 1 is 1.45 bits per heavy atom. The van der Waals surface area contributed by atoms with Gasteiger partial charge in [0, 0.05) is 12.3 Å². The van der Waals surface area contributed by atoms with Crippen LogP contribution >= 0.6 is 0 Å². The van der Waals surface area contributed by atoms with E-state index in [0.29, 0.717) is 12.3 Å². The molecule has 0 saturated heterocycles. The molecule has 0 unspecified atom stereocenters. The van der Waals surface area contributed by atoms with Crippen molar-refractivity contribution < 1.29 is 9.53 Å². The first kappa shape index (κ1) is 14.3. The Hall–Kier alpha value is -2.10. The standard InChI is InChI=1S/C16H20N2O2/c1-20-14-8-7-13(12-18-14)6-5-11-16(15(17)19)9-3-2-4-10-16/h2-4,7-9,12H,5-6,10-11H2,1H3,(H2,17,19)/t16-/m0/s1. The van der Waals surface area contributed by atoms with Crippen LogP contribution in [0, 0.1) is 5.41 Å². The fraction of sp³-hybridized carbons (Fsp3) is 0.375. The largest absolute Gasteiger partial charge is 0.481 e. The Morgan fingerprint density at radius 3 is 2.85 bits per heavy atom. The van der Waals surface area contributed by atoms with Crippen molar-refractivity contribution in [1.29, 1.82) is 0 Å². The van der Waals surface area contributed by atoms with Crippen molar-refractivity contribution in [3.05, 3.63) is 48.2 Å². The summed E-state index contributed by atoms with van der Waals surface area (Å²) < 4.78 is 5.03. The summed E-state index contributed by atoms with van der Waals surface area (Å²) in [6.45, 7) is 0. The monoisotopic (exact) mass is 272 g/mol. The highest BCUT2D eigenvalue weighted by Crippen LogP contribution is 2.33. The molecule has 4 heteroatoms. The topological polar surface area (TPSA) is 65.2 Å². The second-order valence-electron chi connectivity index (χ2n) is 5.07. The number of ether oxygens (including phenoxy) is 1. The Balaban J connectivity index is 1.92. The molecular formula is C16H20N2O2. The van der Waals surface area contributed by atoms with Gasteiger partial charge >= 0.3 is 0 Å². The predicted octanol–water partition coefficient (Wildman–Crippen LogP) is 2.40. The Labute approximate surface area is 119 Å². The molecule has 0 bridgehead atoms. The number of aryl methyl sites for hydroxylation is 1. The summed E-state index contributed by atoms with van der Waals surface area (Å²) in [6, 6.07) is 3.85. The van der Waals surface area contributed by atoms with Crippen molar-refractivity contribution >= 4 is 5.91 Å². The zero-order valence-electron chi connectivity index (χ0n) is 11.7. The Bertz CT molecular complexity index is 520. The van der Waals surface area contributed by atoms with E-state index in [4.69, 9.17) is 10.5 Å². The van der Waals surface area contributed by atoms with Crippen molar-refractivity contribution in [1.82, 2.24) is 4.98 Å². The molecule has 2 N–H and O–H groups in total. The predicted molar refractivity (Wildman–Crippen MR) is 78.3 cm³/mol. The number of rotatable bonds is 6. The maximum atomic E-state index is 11.7. The quantitative estimate of drug-likeness (QED) is 0.864. The molecule has 4 nitrogen and oxygen atoms in total. The fourth-order valence-electron chi connectivity index (χ4n) is 2.44. The molecule has 0 aromatic carbocycles. The van der Waals surface area contributed by atoms with E-state index < -0.39 is 5.41 Å². The molecule has 0 radical (unpaired) electrons. The van der Waals surface area contributed by atoms with Crippen molar-refractivity contribution in [2.24, 2.45) is 11.1 Å². The molecule has 0 fully saturated rings. The number of carbonyl (C=O) groups excluding carboxylic acids is 1. The highest BCUT2D eigenvalue weighted by molar-refractivity contribution is 5.83. The number of primary amides is 1. The van der Waals surface area contributed by atoms with E-state index in [1.807, 2.05) is 42.6 Å². The molecular weight excluding hydrogens is 252 g/mol. The minimum Gasteiger partial charge on any atom is -0.481 e. The van der Waals surface area contributed by atoms with E-state index in [9.17, 15) is 4.79 Å². The molecule has 1 aromatic heterocycles. The summed E-state index contributed by atoms with van der Waals surface area (Å²) in [4.78, 5) is 15.9. The number of methoxy groups -OCH3 is 1. The van der Waals surface area contributed by atoms with Gasteiger partial charge in [0.15, 0.2) is 0 Å². The van der Waals surface area contributed by atoms with E-state index in [1.165, 1.54) is 0 Å². The van der Waals surface area contributed by atoms with Crippen LogP contribution in [0.3, 0.4) is 0 Å². The smallest absolute Gasteiger partial charge is 0.227 e. The maximum absolute atomic E-state index is 11.7. The molecule has 0 aliphatic heterocycles. The highest BCUT2D eigenvalue weighted by Gasteiger charge is 2.32. The first-order valence-corrected chi connectivity index (χ1v) is 6.79. The first-order valence-electron chi connectivity index (χ1n) is 6.79. The lowest BCUT2D eigenvalue weighted by molar-refractivity contribution is -0.125. The van der Waals surface area contributed by atoms with E-state index in [-0.39, 0.29) is 5.91 Å². The Morgan fingerprint density at radius 2 is 2.30 bits per heavy atom. The van der Waals surface area contributed by atoms with E-state index in [0.717, 1.165) is 24.8 Å². The zero-order chi connectivity index (χ0) is 14.4. The third kappa shape index (κ3) is 3.26. The van der Waals surface area contributed by atoms with Crippen LogP contribution in [0.4, 0.5) is 0 Å². The van der Waals surface area contributed by atoms with Gasteiger partial charge < -0.3 is 10.5 Å². The number of hydrogen-bond donors (Lipinski definition) is 1. The van der Waals surface area contributed by atoms with Gasteiger partial charge in [0.2, 0.25) is 11.8 Å². The SMILES string of the molecule is COc1ccc(CCC[C@]2(C(N)=O)C=CC=CC2)cn1. The summed E-state index contributed by atoms with van der Waals surface area (Å²) in [5.41, 5.74) is 6.19. The molecule has 0 saturated carbocycles. The van der Waals surface area contributed by atoms with Crippen molar-refractivity contribution in [2.45, 2.75) is 25.7 Å². The van der Waals surface area contributed by atoms with Gasteiger partial charge in [-0.15, -0.1) is 0 Å². The van der Waals surface area contributed by atoms with E-state index in [1.54, 1.807) is 7.11 Å². The van der Waals surface area contributed by atoms with Gasteiger partial charge in [-0.1, -0.05) is 30.4 Å². The van der Waals surface area contributed by atoms with Crippen LogP contribution in [0.5, 0.6) is 5.88 Å². The van der Waals surface area contributed by atoms with E-state index in [2.05, 4.69) is 4.98 Å². The summed E-state index contributed by atoms with van der Waals surface area (Å²) in [7, 11) is 1.60. The van der Waals surface area contributed by atoms with Crippen molar-refractivity contribution in [3.8, 4) is 5.88 Å². The highest BCUT2D eigenvalue weighted by atomic mass is 16.5. The zero-order valence-corrected chi connectivity index (χ0v) is 11.7. The molecule has 1 heterocycles. The summed E-state index contributed by atoms with van der Waals surface area (Å²) in [6.07, 6.45) is 12.8. The molecule has 106 valence electrons. The third-order valence-corrected chi connectivity index (χ3v) is 3.73. The van der Waals surface area contributed by atoms with Crippen LogP contribution in [-0.4, -0.2) is 18.0 Å². The minimum absolute atomic E-state index is 0.244. The lowest BCUT2D eigenvalue weighted by atomic mass is 9.76. The lowest BCUT2D eigenvalue weighted by Gasteiger charge is -2.27. The molecule has 1 aromatic rings. The fourth-order valence-corrected chi connectivity index (χ4v) is 2.44. The summed E-state index contributed by atoms with van der Waals surface area (Å²) in [5.74, 6) is 0.369. The van der Waals surface area contributed by atoms with Crippen molar-refractivity contribution in [2.75, 3.05) is 7.11 Å². The van der Waals surface area contributed by atoms with Gasteiger partial charge in [-0.3, -0.25) is 4.79 Å². The molecule has 0 spiro atoms. The van der Waals surface area contributed by atoms with Gasteiger partial charge in [-0.05, 0) is 31.2 Å².